The molecule has 0 rings (SSSR count). The van der Waals surface area contributed by atoms with Gasteiger partial charge in [0.1, 0.15) is 0 Å². The molecular formula is C12H26N2O. The highest BCUT2D eigenvalue weighted by Gasteiger charge is 2.25. The van der Waals surface area contributed by atoms with Crippen molar-refractivity contribution >= 4 is 5.91 Å². The van der Waals surface area contributed by atoms with Crippen LogP contribution in [0.15, 0.2) is 0 Å². The molecule has 15 heavy (non-hydrogen) atoms. The van der Waals surface area contributed by atoms with Crippen LogP contribution in [0.25, 0.3) is 0 Å². The summed E-state index contributed by atoms with van der Waals surface area (Å²) in [4.78, 5) is 13.8. The maximum Gasteiger partial charge on any atom is 0.223 e. The molecule has 3 nitrogen and oxygen atoms in total. The van der Waals surface area contributed by atoms with Crippen molar-refractivity contribution in [3.63, 3.8) is 0 Å². The molecule has 0 unspecified atom stereocenters. The summed E-state index contributed by atoms with van der Waals surface area (Å²) in [5.41, 5.74) is 5.51. The standard InChI is InChI=1S/C12H26N2O/c1-7-14(11(2,3)4)10(15)8-9-12(5,6)13/h7-9,13H2,1-6H3. The summed E-state index contributed by atoms with van der Waals surface area (Å²) < 4.78 is 0. The predicted molar refractivity (Wildman–Crippen MR) is 64.6 cm³/mol. The SMILES string of the molecule is CCN(C(=O)CCC(C)(C)N)C(C)(C)C. The third-order valence-corrected chi connectivity index (χ3v) is 2.41. The Morgan fingerprint density at radius 1 is 1.20 bits per heavy atom. The minimum Gasteiger partial charge on any atom is -0.338 e. The summed E-state index contributed by atoms with van der Waals surface area (Å²) >= 11 is 0. The predicted octanol–water partition coefficient (Wildman–Crippen LogP) is 2.15. The third-order valence-electron chi connectivity index (χ3n) is 2.41. The van der Waals surface area contributed by atoms with Gasteiger partial charge in [-0.3, -0.25) is 4.79 Å². The van der Waals surface area contributed by atoms with Gasteiger partial charge in [-0.15, -0.1) is 0 Å². The van der Waals surface area contributed by atoms with Crippen LogP contribution in [0.4, 0.5) is 0 Å². The number of hydrogen-bond acceptors (Lipinski definition) is 2. The highest BCUT2D eigenvalue weighted by molar-refractivity contribution is 5.77. The van der Waals surface area contributed by atoms with Crippen LogP contribution in [-0.2, 0) is 4.79 Å². The van der Waals surface area contributed by atoms with Crippen molar-refractivity contribution in [3.05, 3.63) is 0 Å². The lowest BCUT2D eigenvalue weighted by atomic mass is 9.98. The molecule has 3 heteroatoms. The van der Waals surface area contributed by atoms with Gasteiger partial charge in [-0.05, 0) is 48.0 Å². The molecule has 0 saturated heterocycles. The first-order chi connectivity index (χ1) is 6.58. The van der Waals surface area contributed by atoms with Crippen molar-refractivity contribution in [2.45, 2.75) is 65.5 Å². The lowest BCUT2D eigenvalue weighted by Gasteiger charge is -2.35. The summed E-state index contributed by atoms with van der Waals surface area (Å²) in [5.74, 6) is 0.198. The van der Waals surface area contributed by atoms with Crippen LogP contribution in [0.2, 0.25) is 0 Å². The zero-order valence-electron chi connectivity index (χ0n) is 11.1. The first kappa shape index (κ1) is 14.4. The average molecular weight is 214 g/mol. The van der Waals surface area contributed by atoms with Crippen molar-refractivity contribution in [2.24, 2.45) is 5.73 Å². The molecule has 0 heterocycles. The molecule has 0 radical (unpaired) electrons. The van der Waals surface area contributed by atoms with Gasteiger partial charge in [-0.1, -0.05) is 0 Å². The summed E-state index contributed by atoms with van der Waals surface area (Å²) in [7, 11) is 0. The zero-order chi connectivity index (χ0) is 12.3. The summed E-state index contributed by atoms with van der Waals surface area (Å²) in [6.07, 6.45) is 1.27. The maximum absolute atomic E-state index is 11.9. The molecule has 0 aliphatic heterocycles. The molecule has 0 aliphatic rings. The molecular weight excluding hydrogens is 188 g/mol. The van der Waals surface area contributed by atoms with Gasteiger partial charge >= 0.3 is 0 Å². The van der Waals surface area contributed by atoms with Gasteiger partial charge < -0.3 is 10.6 Å². The van der Waals surface area contributed by atoms with Crippen molar-refractivity contribution in [1.82, 2.24) is 4.90 Å². The van der Waals surface area contributed by atoms with E-state index in [1.54, 1.807) is 0 Å². The number of hydrogen-bond donors (Lipinski definition) is 1. The lowest BCUT2D eigenvalue weighted by molar-refractivity contribution is -0.136. The zero-order valence-corrected chi connectivity index (χ0v) is 11.1. The highest BCUT2D eigenvalue weighted by atomic mass is 16.2. The third kappa shape index (κ3) is 5.78. The Labute approximate surface area is 94.0 Å². The fourth-order valence-electron chi connectivity index (χ4n) is 1.59. The van der Waals surface area contributed by atoms with E-state index >= 15 is 0 Å². The number of carbonyl (C=O) groups is 1. The topological polar surface area (TPSA) is 46.3 Å². The Morgan fingerprint density at radius 2 is 1.67 bits per heavy atom. The normalized spacial score (nSPS) is 12.7. The lowest BCUT2D eigenvalue weighted by Crippen LogP contribution is -2.46. The largest absolute Gasteiger partial charge is 0.338 e. The van der Waals surface area contributed by atoms with E-state index in [4.69, 9.17) is 5.73 Å². The Hall–Kier alpha value is -0.570. The minimum atomic E-state index is -0.257. The van der Waals surface area contributed by atoms with Gasteiger partial charge in [0.2, 0.25) is 5.91 Å². The molecule has 0 atom stereocenters. The van der Waals surface area contributed by atoms with Crippen LogP contribution in [0.1, 0.15) is 54.4 Å². The number of nitrogens with zero attached hydrogens (tertiary/aromatic N) is 1. The fraction of sp³-hybridized carbons (Fsp3) is 0.917. The molecule has 2 N–H and O–H groups in total. The van der Waals surface area contributed by atoms with Crippen LogP contribution in [-0.4, -0.2) is 28.4 Å². The molecule has 0 bridgehead atoms. The number of rotatable bonds is 4. The fourth-order valence-corrected chi connectivity index (χ4v) is 1.59. The average Bonchev–Trinajstić information content (AvgIpc) is 1.98. The van der Waals surface area contributed by atoms with Crippen molar-refractivity contribution in [3.8, 4) is 0 Å². The Bertz CT molecular complexity index is 211. The monoisotopic (exact) mass is 214 g/mol. The summed E-state index contributed by atoms with van der Waals surface area (Å²) in [6, 6.07) is 0. The number of amides is 1. The van der Waals surface area contributed by atoms with Gasteiger partial charge in [0, 0.05) is 24.0 Å². The van der Waals surface area contributed by atoms with E-state index in [1.807, 2.05) is 25.7 Å². The van der Waals surface area contributed by atoms with Crippen molar-refractivity contribution in [1.29, 1.82) is 0 Å². The van der Waals surface area contributed by atoms with E-state index < -0.39 is 0 Å². The molecule has 0 aromatic heterocycles. The number of carbonyl (C=O) groups excluding carboxylic acids is 1. The smallest absolute Gasteiger partial charge is 0.223 e. The second-order valence-electron chi connectivity index (χ2n) is 5.80. The van der Waals surface area contributed by atoms with Gasteiger partial charge in [0.25, 0.3) is 0 Å². The minimum absolute atomic E-state index is 0.0927. The molecule has 1 amide bonds. The van der Waals surface area contributed by atoms with E-state index in [0.717, 1.165) is 13.0 Å². The van der Waals surface area contributed by atoms with Gasteiger partial charge in [0.15, 0.2) is 0 Å². The maximum atomic E-state index is 11.9. The number of nitrogens with two attached hydrogens (primary N) is 1. The van der Waals surface area contributed by atoms with Crippen molar-refractivity contribution < 1.29 is 4.79 Å². The molecule has 0 fully saturated rings. The van der Waals surface area contributed by atoms with Gasteiger partial charge in [-0.25, -0.2) is 0 Å². The highest BCUT2D eigenvalue weighted by Crippen LogP contribution is 2.16. The molecule has 0 saturated carbocycles. The van der Waals surface area contributed by atoms with Crippen LogP contribution in [0.5, 0.6) is 0 Å². The second kappa shape index (κ2) is 4.97. The van der Waals surface area contributed by atoms with E-state index in [1.165, 1.54) is 0 Å². The molecule has 0 aliphatic carbocycles. The van der Waals surface area contributed by atoms with E-state index in [0.29, 0.717) is 6.42 Å². The molecule has 0 spiro atoms. The van der Waals surface area contributed by atoms with Crippen LogP contribution in [0, 0.1) is 0 Å². The summed E-state index contributed by atoms with van der Waals surface area (Å²) in [6.45, 7) is 12.8. The Morgan fingerprint density at radius 3 is 1.93 bits per heavy atom. The summed E-state index contributed by atoms with van der Waals surface area (Å²) in [5, 5.41) is 0. The second-order valence-corrected chi connectivity index (χ2v) is 5.80. The van der Waals surface area contributed by atoms with Gasteiger partial charge in [-0.2, -0.15) is 0 Å². The van der Waals surface area contributed by atoms with E-state index in [2.05, 4.69) is 20.8 Å². The molecule has 0 aromatic rings. The van der Waals surface area contributed by atoms with Crippen LogP contribution < -0.4 is 5.73 Å². The molecule has 0 aromatic carbocycles. The Balaban J connectivity index is 4.31. The van der Waals surface area contributed by atoms with Crippen LogP contribution >= 0.6 is 0 Å². The van der Waals surface area contributed by atoms with Crippen molar-refractivity contribution in [2.75, 3.05) is 6.54 Å². The van der Waals surface area contributed by atoms with E-state index in [-0.39, 0.29) is 17.0 Å². The van der Waals surface area contributed by atoms with E-state index in [9.17, 15) is 4.79 Å². The van der Waals surface area contributed by atoms with Gasteiger partial charge in [0.05, 0.1) is 0 Å². The molecule has 90 valence electrons. The first-order valence-corrected chi connectivity index (χ1v) is 5.67. The quantitative estimate of drug-likeness (QED) is 0.779. The van der Waals surface area contributed by atoms with Crippen LogP contribution in [0.3, 0.4) is 0 Å². The first-order valence-electron chi connectivity index (χ1n) is 5.67. The Kier molecular flexibility index (Phi) is 4.78.